The van der Waals surface area contributed by atoms with Crippen LogP contribution < -0.4 is 15.4 Å². The Hall–Kier alpha value is -1.55. The minimum absolute atomic E-state index is 0.0135. The summed E-state index contributed by atoms with van der Waals surface area (Å²) in [6.45, 7) is 7.17. The Morgan fingerprint density at radius 3 is 2.83 bits per heavy atom. The van der Waals surface area contributed by atoms with Crippen LogP contribution in [0.25, 0.3) is 0 Å². The fourth-order valence-electron chi connectivity index (χ4n) is 2.00. The van der Waals surface area contributed by atoms with E-state index >= 15 is 0 Å². The fraction of sp³-hybridized carbons (Fsp3) is 0.500. The van der Waals surface area contributed by atoms with Crippen molar-refractivity contribution in [2.24, 2.45) is 0 Å². The fourth-order valence-corrected chi connectivity index (χ4v) is 2.00. The second-order valence-electron chi connectivity index (χ2n) is 5.51. The average Bonchev–Trinajstić information content (AvgIpc) is 2.48. The zero-order valence-electron chi connectivity index (χ0n) is 11.1. The zero-order valence-corrected chi connectivity index (χ0v) is 11.1. The first-order valence-electron chi connectivity index (χ1n) is 6.24. The molecule has 18 heavy (non-hydrogen) atoms. The predicted octanol–water partition coefficient (Wildman–Crippen LogP) is 1.62. The molecule has 0 fully saturated rings. The Balaban J connectivity index is 2.25. The summed E-state index contributed by atoms with van der Waals surface area (Å²) in [7, 11) is 0. The van der Waals surface area contributed by atoms with Crippen LogP contribution >= 0.6 is 0 Å². The normalized spacial score (nSPS) is 19.4. The molecular formula is C14H20N2O2. The highest BCUT2D eigenvalue weighted by Gasteiger charge is 2.27. The smallest absolute Gasteiger partial charge is 0.242 e. The molecule has 1 aliphatic heterocycles. The summed E-state index contributed by atoms with van der Waals surface area (Å²) in [6.07, 6.45) is 0. The van der Waals surface area contributed by atoms with Gasteiger partial charge in [0, 0.05) is 17.6 Å². The molecule has 1 amide bonds. The van der Waals surface area contributed by atoms with E-state index in [0.717, 1.165) is 11.3 Å². The largest absolute Gasteiger partial charge is 0.492 e. The monoisotopic (exact) mass is 248 g/mol. The van der Waals surface area contributed by atoms with Crippen LogP contribution in [-0.4, -0.2) is 24.6 Å². The highest BCUT2D eigenvalue weighted by Crippen LogP contribution is 2.27. The van der Waals surface area contributed by atoms with Gasteiger partial charge in [0.25, 0.3) is 0 Å². The van der Waals surface area contributed by atoms with Crippen molar-refractivity contribution >= 4 is 5.91 Å². The van der Waals surface area contributed by atoms with Crippen molar-refractivity contribution in [2.45, 2.75) is 32.4 Å². The first kappa shape index (κ1) is 12.9. The van der Waals surface area contributed by atoms with Gasteiger partial charge in [0.1, 0.15) is 18.4 Å². The molecule has 1 aliphatic rings. The van der Waals surface area contributed by atoms with Gasteiger partial charge < -0.3 is 10.1 Å². The van der Waals surface area contributed by atoms with Gasteiger partial charge in [-0.3, -0.25) is 10.1 Å². The van der Waals surface area contributed by atoms with E-state index in [-0.39, 0.29) is 17.5 Å². The van der Waals surface area contributed by atoms with Crippen molar-refractivity contribution < 1.29 is 9.53 Å². The highest BCUT2D eigenvalue weighted by atomic mass is 16.5. The van der Waals surface area contributed by atoms with Crippen LogP contribution in [0, 0.1) is 0 Å². The zero-order chi connectivity index (χ0) is 13.2. The van der Waals surface area contributed by atoms with Crippen LogP contribution in [0.15, 0.2) is 24.3 Å². The lowest BCUT2D eigenvalue weighted by atomic mass is 10.0. The summed E-state index contributed by atoms with van der Waals surface area (Å²) in [5.74, 6) is 0.775. The van der Waals surface area contributed by atoms with Crippen LogP contribution in [0.1, 0.15) is 32.4 Å². The van der Waals surface area contributed by atoms with E-state index in [1.165, 1.54) is 0 Å². The Morgan fingerprint density at radius 2 is 2.11 bits per heavy atom. The second kappa shape index (κ2) is 4.98. The molecule has 0 saturated heterocycles. The number of fused-ring (bicyclic) bond motifs is 1. The van der Waals surface area contributed by atoms with Gasteiger partial charge in [0.05, 0.1) is 0 Å². The molecule has 0 saturated carbocycles. The van der Waals surface area contributed by atoms with Gasteiger partial charge in [-0.15, -0.1) is 0 Å². The van der Waals surface area contributed by atoms with E-state index < -0.39 is 0 Å². The van der Waals surface area contributed by atoms with Crippen molar-refractivity contribution in [3.05, 3.63) is 29.8 Å². The maximum Gasteiger partial charge on any atom is 0.242 e. The number of hydrogen-bond donors (Lipinski definition) is 2. The number of ether oxygens (including phenoxy) is 1. The third-order valence-corrected chi connectivity index (χ3v) is 2.70. The van der Waals surface area contributed by atoms with Crippen molar-refractivity contribution in [1.29, 1.82) is 0 Å². The number of para-hydroxylation sites is 1. The summed E-state index contributed by atoms with van der Waals surface area (Å²) in [4.78, 5) is 12.3. The van der Waals surface area contributed by atoms with Gasteiger partial charge in [0.15, 0.2) is 0 Å². The van der Waals surface area contributed by atoms with E-state index in [9.17, 15) is 4.79 Å². The van der Waals surface area contributed by atoms with Gasteiger partial charge >= 0.3 is 0 Å². The van der Waals surface area contributed by atoms with Crippen molar-refractivity contribution in [2.75, 3.05) is 13.2 Å². The van der Waals surface area contributed by atoms with Gasteiger partial charge in [-0.1, -0.05) is 18.2 Å². The van der Waals surface area contributed by atoms with Gasteiger partial charge in [0.2, 0.25) is 5.91 Å². The lowest BCUT2D eigenvalue weighted by Gasteiger charge is -2.25. The number of nitrogens with one attached hydrogen (secondary N) is 2. The molecular weight excluding hydrogens is 228 g/mol. The lowest BCUT2D eigenvalue weighted by Crippen LogP contribution is -2.46. The summed E-state index contributed by atoms with van der Waals surface area (Å²) in [5.41, 5.74) is 0.665. The van der Waals surface area contributed by atoms with Crippen molar-refractivity contribution in [3.8, 4) is 5.75 Å². The Bertz CT molecular complexity index is 438. The van der Waals surface area contributed by atoms with Crippen LogP contribution in [0.2, 0.25) is 0 Å². The third kappa shape index (κ3) is 3.01. The standard InChI is InChI=1S/C14H20N2O2/c1-14(2,3)16-13(17)12-10-6-4-5-7-11(10)18-9-8-15-12/h4-7,12,15H,8-9H2,1-3H3,(H,16,17). The molecule has 4 nitrogen and oxygen atoms in total. The summed E-state index contributed by atoms with van der Waals surface area (Å²) in [5, 5.41) is 6.22. The Morgan fingerprint density at radius 1 is 1.39 bits per heavy atom. The molecule has 0 aliphatic carbocycles. The maximum atomic E-state index is 12.3. The van der Waals surface area contributed by atoms with Gasteiger partial charge in [-0.2, -0.15) is 0 Å². The molecule has 1 heterocycles. The first-order valence-corrected chi connectivity index (χ1v) is 6.24. The molecule has 0 spiro atoms. The maximum absolute atomic E-state index is 12.3. The van der Waals surface area contributed by atoms with Crippen LogP contribution in [0.5, 0.6) is 5.75 Å². The van der Waals surface area contributed by atoms with Gasteiger partial charge in [-0.25, -0.2) is 0 Å². The molecule has 1 aromatic rings. The summed E-state index contributed by atoms with van der Waals surface area (Å²) in [6, 6.07) is 7.33. The number of carbonyl (C=O) groups is 1. The van der Waals surface area contributed by atoms with E-state index in [1.807, 2.05) is 45.0 Å². The topological polar surface area (TPSA) is 50.4 Å². The van der Waals surface area contributed by atoms with E-state index in [1.54, 1.807) is 0 Å². The third-order valence-electron chi connectivity index (χ3n) is 2.70. The van der Waals surface area contributed by atoms with Crippen molar-refractivity contribution in [3.63, 3.8) is 0 Å². The summed E-state index contributed by atoms with van der Waals surface area (Å²) < 4.78 is 5.62. The lowest BCUT2D eigenvalue weighted by molar-refractivity contribution is -0.124. The number of carbonyl (C=O) groups excluding carboxylic acids is 1. The molecule has 1 aromatic carbocycles. The first-order chi connectivity index (χ1) is 8.47. The number of amides is 1. The minimum atomic E-state index is -0.345. The number of hydrogen-bond acceptors (Lipinski definition) is 3. The summed E-state index contributed by atoms with van der Waals surface area (Å²) >= 11 is 0. The van der Waals surface area contributed by atoms with E-state index in [2.05, 4.69) is 10.6 Å². The molecule has 2 N–H and O–H groups in total. The minimum Gasteiger partial charge on any atom is -0.492 e. The molecule has 98 valence electrons. The van der Waals surface area contributed by atoms with Crippen LogP contribution in [-0.2, 0) is 4.79 Å². The molecule has 1 unspecified atom stereocenters. The molecule has 0 bridgehead atoms. The molecule has 4 heteroatoms. The van der Waals surface area contributed by atoms with Crippen LogP contribution in [0.3, 0.4) is 0 Å². The quantitative estimate of drug-likeness (QED) is 0.794. The predicted molar refractivity (Wildman–Crippen MR) is 70.6 cm³/mol. The molecule has 2 rings (SSSR count). The molecule has 0 radical (unpaired) electrons. The Labute approximate surface area is 108 Å². The van der Waals surface area contributed by atoms with Gasteiger partial charge in [-0.05, 0) is 26.8 Å². The second-order valence-corrected chi connectivity index (χ2v) is 5.51. The number of benzene rings is 1. The SMILES string of the molecule is CC(C)(C)NC(=O)C1NCCOc2ccccc21. The Kier molecular flexibility index (Phi) is 3.57. The van der Waals surface area contributed by atoms with E-state index in [0.29, 0.717) is 13.2 Å². The average molecular weight is 248 g/mol. The highest BCUT2D eigenvalue weighted by molar-refractivity contribution is 5.84. The molecule has 0 aromatic heterocycles. The van der Waals surface area contributed by atoms with E-state index in [4.69, 9.17) is 4.74 Å². The van der Waals surface area contributed by atoms with Crippen molar-refractivity contribution in [1.82, 2.24) is 10.6 Å². The number of rotatable bonds is 1. The van der Waals surface area contributed by atoms with Crippen LogP contribution in [0.4, 0.5) is 0 Å². The molecule has 1 atom stereocenters.